The van der Waals surface area contributed by atoms with Gasteiger partial charge in [-0.05, 0) is 51.9 Å². The lowest BCUT2D eigenvalue weighted by Gasteiger charge is -2.34. The summed E-state index contributed by atoms with van der Waals surface area (Å²) in [5, 5.41) is 10.3. The SMILES string of the molecule is COC(C)(C)CCC(C)(O)C1(C)CC1. The van der Waals surface area contributed by atoms with Crippen LogP contribution in [0.2, 0.25) is 0 Å². The van der Waals surface area contributed by atoms with Crippen molar-refractivity contribution >= 4 is 0 Å². The summed E-state index contributed by atoms with van der Waals surface area (Å²) in [5.41, 5.74) is -0.477. The first-order valence-electron chi connectivity index (χ1n) is 5.50. The Bertz CT molecular complexity index is 202. The number of hydrogen-bond acceptors (Lipinski definition) is 2. The van der Waals surface area contributed by atoms with Crippen molar-refractivity contribution in [2.24, 2.45) is 5.41 Å². The van der Waals surface area contributed by atoms with E-state index in [1.54, 1.807) is 7.11 Å². The highest BCUT2D eigenvalue weighted by molar-refractivity contribution is 5.03. The van der Waals surface area contributed by atoms with E-state index in [9.17, 15) is 5.11 Å². The Kier molecular flexibility index (Phi) is 2.99. The maximum atomic E-state index is 10.3. The van der Waals surface area contributed by atoms with Gasteiger partial charge in [-0.3, -0.25) is 0 Å². The third kappa shape index (κ3) is 2.48. The number of hydrogen-bond donors (Lipinski definition) is 1. The molecule has 0 heterocycles. The van der Waals surface area contributed by atoms with Crippen molar-refractivity contribution in [2.45, 2.75) is 64.6 Å². The molecular weight excluding hydrogens is 176 g/mol. The molecule has 0 aliphatic heterocycles. The first-order chi connectivity index (χ1) is 6.22. The molecule has 1 saturated carbocycles. The molecule has 84 valence electrons. The summed E-state index contributed by atoms with van der Waals surface area (Å²) in [5.74, 6) is 0. The van der Waals surface area contributed by atoms with Crippen molar-refractivity contribution in [3.8, 4) is 0 Å². The van der Waals surface area contributed by atoms with Crippen molar-refractivity contribution in [1.29, 1.82) is 0 Å². The van der Waals surface area contributed by atoms with Gasteiger partial charge in [-0.25, -0.2) is 0 Å². The van der Waals surface area contributed by atoms with Gasteiger partial charge < -0.3 is 9.84 Å². The lowest BCUT2D eigenvalue weighted by molar-refractivity contribution is -0.0497. The van der Waals surface area contributed by atoms with Gasteiger partial charge in [0, 0.05) is 7.11 Å². The molecule has 1 unspecified atom stereocenters. The fourth-order valence-corrected chi connectivity index (χ4v) is 1.67. The molecule has 1 rings (SSSR count). The molecule has 2 heteroatoms. The molecule has 0 amide bonds. The van der Waals surface area contributed by atoms with E-state index in [2.05, 4.69) is 20.8 Å². The lowest BCUT2D eigenvalue weighted by Crippen LogP contribution is -2.37. The molecule has 0 aromatic carbocycles. The van der Waals surface area contributed by atoms with E-state index in [1.165, 1.54) is 0 Å². The average molecular weight is 200 g/mol. The van der Waals surface area contributed by atoms with Crippen LogP contribution in [-0.4, -0.2) is 23.4 Å². The van der Waals surface area contributed by atoms with Crippen LogP contribution in [0.5, 0.6) is 0 Å². The summed E-state index contributed by atoms with van der Waals surface area (Å²) < 4.78 is 5.36. The second-order valence-corrected chi connectivity index (χ2v) is 5.80. The van der Waals surface area contributed by atoms with Crippen LogP contribution in [0.25, 0.3) is 0 Å². The number of methoxy groups -OCH3 is 1. The van der Waals surface area contributed by atoms with E-state index in [0.29, 0.717) is 0 Å². The van der Waals surface area contributed by atoms with Crippen LogP contribution in [-0.2, 0) is 4.74 Å². The fourth-order valence-electron chi connectivity index (χ4n) is 1.67. The van der Waals surface area contributed by atoms with Crippen LogP contribution < -0.4 is 0 Å². The van der Waals surface area contributed by atoms with E-state index < -0.39 is 5.60 Å². The average Bonchev–Trinajstić information content (AvgIpc) is 2.82. The Morgan fingerprint density at radius 3 is 2.07 bits per heavy atom. The van der Waals surface area contributed by atoms with Crippen LogP contribution in [0.15, 0.2) is 0 Å². The molecule has 1 N–H and O–H groups in total. The maximum Gasteiger partial charge on any atom is 0.0674 e. The summed E-state index contributed by atoms with van der Waals surface area (Å²) in [6, 6.07) is 0. The first-order valence-corrected chi connectivity index (χ1v) is 5.50. The Balaban J connectivity index is 2.44. The molecule has 1 aliphatic carbocycles. The third-order valence-corrected chi connectivity index (χ3v) is 4.07. The lowest BCUT2D eigenvalue weighted by atomic mass is 9.81. The Morgan fingerprint density at radius 1 is 1.21 bits per heavy atom. The van der Waals surface area contributed by atoms with E-state index in [-0.39, 0.29) is 11.0 Å². The van der Waals surface area contributed by atoms with Gasteiger partial charge in [0.1, 0.15) is 0 Å². The van der Waals surface area contributed by atoms with Gasteiger partial charge in [0.15, 0.2) is 0 Å². The van der Waals surface area contributed by atoms with Gasteiger partial charge in [0.05, 0.1) is 11.2 Å². The second-order valence-electron chi connectivity index (χ2n) is 5.80. The van der Waals surface area contributed by atoms with Gasteiger partial charge in [0.25, 0.3) is 0 Å². The summed E-state index contributed by atoms with van der Waals surface area (Å²) in [7, 11) is 1.73. The summed E-state index contributed by atoms with van der Waals surface area (Å²) in [6.45, 7) is 8.27. The van der Waals surface area contributed by atoms with Crippen molar-refractivity contribution in [1.82, 2.24) is 0 Å². The zero-order valence-corrected chi connectivity index (χ0v) is 10.2. The Hall–Kier alpha value is -0.0800. The molecule has 0 saturated heterocycles. The van der Waals surface area contributed by atoms with E-state index in [0.717, 1.165) is 25.7 Å². The van der Waals surface area contributed by atoms with Crippen LogP contribution in [0, 0.1) is 5.41 Å². The largest absolute Gasteiger partial charge is 0.390 e. The van der Waals surface area contributed by atoms with Crippen molar-refractivity contribution in [3.63, 3.8) is 0 Å². The van der Waals surface area contributed by atoms with E-state index in [4.69, 9.17) is 4.74 Å². The van der Waals surface area contributed by atoms with E-state index in [1.807, 2.05) is 6.92 Å². The van der Waals surface area contributed by atoms with Crippen molar-refractivity contribution in [2.75, 3.05) is 7.11 Å². The standard InChI is InChI=1S/C12H24O2/c1-10(2,14-5)6-9-12(4,13)11(3)7-8-11/h13H,6-9H2,1-5H3. The van der Waals surface area contributed by atoms with Crippen LogP contribution in [0.4, 0.5) is 0 Å². The second kappa shape index (κ2) is 3.49. The minimum Gasteiger partial charge on any atom is -0.390 e. The monoisotopic (exact) mass is 200 g/mol. The molecule has 0 radical (unpaired) electrons. The highest BCUT2D eigenvalue weighted by atomic mass is 16.5. The molecular formula is C12H24O2. The number of rotatable bonds is 5. The normalized spacial score (nSPS) is 24.4. The molecule has 0 spiro atoms. The third-order valence-electron chi connectivity index (χ3n) is 4.07. The molecule has 0 aromatic heterocycles. The minimum absolute atomic E-state index is 0.116. The quantitative estimate of drug-likeness (QED) is 0.739. The fraction of sp³-hybridized carbons (Fsp3) is 1.00. The van der Waals surface area contributed by atoms with Gasteiger partial charge in [0.2, 0.25) is 0 Å². The zero-order chi connectivity index (χ0) is 11.0. The smallest absolute Gasteiger partial charge is 0.0674 e. The van der Waals surface area contributed by atoms with Gasteiger partial charge in [-0.2, -0.15) is 0 Å². The highest BCUT2D eigenvalue weighted by Crippen LogP contribution is 2.55. The van der Waals surface area contributed by atoms with Gasteiger partial charge >= 0.3 is 0 Å². The van der Waals surface area contributed by atoms with Crippen molar-refractivity contribution in [3.05, 3.63) is 0 Å². The number of ether oxygens (including phenoxy) is 1. The summed E-state index contributed by atoms with van der Waals surface area (Å²) in [4.78, 5) is 0. The summed E-state index contributed by atoms with van der Waals surface area (Å²) >= 11 is 0. The Labute approximate surface area is 87.7 Å². The van der Waals surface area contributed by atoms with Gasteiger partial charge in [-0.15, -0.1) is 0 Å². The van der Waals surface area contributed by atoms with Crippen LogP contribution >= 0.6 is 0 Å². The van der Waals surface area contributed by atoms with Crippen LogP contribution in [0.1, 0.15) is 53.4 Å². The topological polar surface area (TPSA) is 29.5 Å². The number of aliphatic hydroxyl groups is 1. The molecule has 0 aromatic rings. The zero-order valence-electron chi connectivity index (χ0n) is 10.2. The summed E-state index contributed by atoms with van der Waals surface area (Å²) in [6.07, 6.45) is 4.05. The predicted molar refractivity (Wildman–Crippen MR) is 58.3 cm³/mol. The highest BCUT2D eigenvalue weighted by Gasteiger charge is 2.52. The van der Waals surface area contributed by atoms with Crippen LogP contribution in [0.3, 0.4) is 0 Å². The maximum absolute atomic E-state index is 10.3. The molecule has 1 atom stereocenters. The molecule has 0 bridgehead atoms. The van der Waals surface area contributed by atoms with Crippen molar-refractivity contribution < 1.29 is 9.84 Å². The van der Waals surface area contributed by atoms with Gasteiger partial charge in [-0.1, -0.05) is 6.92 Å². The molecule has 14 heavy (non-hydrogen) atoms. The minimum atomic E-state index is -0.525. The predicted octanol–water partition coefficient (Wildman–Crippen LogP) is 2.74. The first kappa shape index (κ1) is 12.0. The molecule has 1 fully saturated rings. The Morgan fingerprint density at radius 2 is 1.71 bits per heavy atom. The molecule has 1 aliphatic rings. The van der Waals surface area contributed by atoms with E-state index >= 15 is 0 Å². The molecule has 2 nitrogen and oxygen atoms in total.